The van der Waals surface area contributed by atoms with Crippen molar-refractivity contribution in [1.82, 2.24) is 0 Å². The molecule has 19 heavy (non-hydrogen) atoms. The van der Waals surface area contributed by atoms with Crippen molar-refractivity contribution in [3.8, 4) is 0 Å². The number of carbonyl (C=O) groups is 1. The molecule has 6 heteroatoms. The van der Waals surface area contributed by atoms with E-state index in [1.54, 1.807) is 18.2 Å². The van der Waals surface area contributed by atoms with Gasteiger partial charge in [-0.3, -0.25) is 4.79 Å². The SMILES string of the molecule is O=C(O)C1(S(=O)(=O)c2ccccc2Br)CC2(CC2)C1. The summed E-state index contributed by atoms with van der Waals surface area (Å²) in [5.74, 6) is -1.22. The minimum absolute atomic E-state index is 0.00723. The van der Waals surface area contributed by atoms with E-state index in [4.69, 9.17) is 0 Å². The molecule has 4 nitrogen and oxygen atoms in total. The molecule has 2 aliphatic rings. The maximum atomic E-state index is 12.7. The van der Waals surface area contributed by atoms with Gasteiger partial charge in [0, 0.05) is 4.47 Å². The molecular weight excluding hydrogens is 332 g/mol. The Balaban J connectivity index is 2.08. The van der Waals surface area contributed by atoms with E-state index in [0.29, 0.717) is 4.47 Å². The van der Waals surface area contributed by atoms with Crippen LogP contribution in [0.2, 0.25) is 0 Å². The average Bonchev–Trinajstić information content (AvgIpc) is 3.06. The van der Waals surface area contributed by atoms with E-state index >= 15 is 0 Å². The van der Waals surface area contributed by atoms with Gasteiger partial charge in [0.05, 0.1) is 4.90 Å². The molecule has 1 spiro atoms. The number of aliphatic carboxylic acids is 1. The van der Waals surface area contributed by atoms with Crippen LogP contribution in [-0.2, 0) is 14.6 Å². The molecule has 0 amide bonds. The molecule has 0 saturated heterocycles. The zero-order chi connectivity index (χ0) is 13.9. The quantitative estimate of drug-likeness (QED) is 0.914. The van der Waals surface area contributed by atoms with Gasteiger partial charge in [0.15, 0.2) is 14.6 Å². The minimum atomic E-state index is -3.87. The van der Waals surface area contributed by atoms with Crippen molar-refractivity contribution in [3.63, 3.8) is 0 Å². The third-order valence-corrected chi connectivity index (χ3v) is 7.69. The lowest BCUT2D eigenvalue weighted by Gasteiger charge is -2.44. The summed E-state index contributed by atoms with van der Waals surface area (Å²) in [6, 6.07) is 6.40. The molecule has 2 saturated carbocycles. The number of benzene rings is 1. The number of carboxylic acids is 1. The summed E-state index contributed by atoms with van der Waals surface area (Å²) in [7, 11) is -3.87. The first-order valence-corrected chi connectivity index (χ1v) is 8.33. The minimum Gasteiger partial charge on any atom is -0.480 e. The van der Waals surface area contributed by atoms with Crippen molar-refractivity contribution in [3.05, 3.63) is 28.7 Å². The Kier molecular flexibility index (Phi) is 2.64. The van der Waals surface area contributed by atoms with Crippen LogP contribution in [-0.4, -0.2) is 24.2 Å². The van der Waals surface area contributed by atoms with Gasteiger partial charge < -0.3 is 5.11 Å². The maximum absolute atomic E-state index is 12.7. The van der Waals surface area contributed by atoms with E-state index in [0.717, 1.165) is 12.8 Å². The number of halogens is 1. The molecule has 1 aromatic carbocycles. The Morgan fingerprint density at radius 3 is 2.26 bits per heavy atom. The van der Waals surface area contributed by atoms with Crippen LogP contribution in [0.1, 0.15) is 25.7 Å². The maximum Gasteiger partial charge on any atom is 0.325 e. The Morgan fingerprint density at radius 2 is 1.79 bits per heavy atom. The third kappa shape index (κ3) is 1.69. The smallest absolute Gasteiger partial charge is 0.325 e. The van der Waals surface area contributed by atoms with Gasteiger partial charge >= 0.3 is 5.97 Å². The molecule has 0 aliphatic heterocycles. The monoisotopic (exact) mass is 344 g/mol. The van der Waals surface area contributed by atoms with Crippen molar-refractivity contribution in [1.29, 1.82) is 0 Å². The van der Waals surface area contributed by atoms with Crippen molar-refractivity contribution >= 4 is 31.7 Å². The van der Waals surface area contributed by atoms with Crippen LogP contribution in [0.15, 0.2) is 33.6 Å². The molecule has 102 valence electrons. The van der Waals surface area contributed by atoms with Gasteiger partial charge in [-0.25, -0.2) is 8.42 Å². The van der Waals surface area contributed by atoms with Gasteiger partial charge in [0.1, 0.15) is 0 Å². The van der Waals surface area contributed by atoms with E-state index in [-0.39, 0.29) is 23.2 Å². The highest BCUT2D eigenvalue weighted by Gasteiger charge is 2.70. The number of hydrogen-bond acceptors (Lipinski definition) is 3. The highest BCUT2D eigenvalue weighted by atomic mass is 79.9. The number of carboxylic acid groups (broad SMARTS) is 1. The molecule has 2 fully saturated rings. The molecule has 1 N–H and O–H groups in total. The predicted molar refractivity (Wildman–Crippen MR) is 72.6 cm³/mol. The molecule has 0 aromatic heterocycles. The van der Waals surface area contributed by atoms with Crippen LogP contribution in [0.3, 0.4) is 0 Å². The Hall–Kier alpha value is -0.880. The summed E-state index contributed by atoms with van der Waals surface area (Å²) in [6.07, 6.45) is 2.40. The number of rotatable bonds is 3. The van der Waals surface area contributed by atoms with Gasteiger partial charge in [0.25, 0.3) is 0 Å². The van der Waals surface area contributed by atoms with Gasteiger partial charge in [-0.05, 0) is 59.2 Å². The van der Waals surface area contributed by atoms with E-state index in [1.807, 2.05) is 0 Å². The van der Waals surface area contributed by atoms with Gasteiger partial charge in [0.2, 0.25) is 0 Å². The highest BCUT2D eigenvalue weighted by molar-refractivity contribution is 9.10. The van der Waals surface area contributed by atoms with E-state index in [1.165, 1.54) is 6.07 Å². The average molecular weight is 345 g/mol. The van der Waals surface area contributed by atoms with Gasteiger partial charge in [-0.1, -0.05) is 12.1 Å². The fraction of sp³-hybridized carbons (Fsp3) is 0.462. The van der Waals surface area contributed by atoms with Crippen LogP contribution in [0.4, 0.5) is 0 Å². The summed E-state index contributed by atoms with van der Waals surface area (Å²) in [5, 5.41) is 9.44. The second-order valence-electron chi connectivity index (χ2n) is 5.59. The van der Waals surface area contributed by atoms with E-state index in [9.17, 15) is 18.3 Å². The summed E-state index contributed by atoms with van der Waals surface area (Å²) >= 11 is 3.20. The number of hydrogen-bond donors (Lipinski definition) is 1. The lowest BCUT2D eigenvalue weighted by molar-refractivity contribution is -0.144. The van der Waals surface area contributed by atoms with Gasteiger partial charge in [-0.2, -0.15) is 0 Å². The summed E-state index contributed by atoms with van der Waals surface area (Å²) < 4.78 is 24.2. The molecule has 0 heterocycles. The molecule has 0 unspecified atom stereocenters. The Morgan fingerprint density at radius 1 is 1.21 bits per heavy atom. The molecule has 2 aliphatic carbocycles. The normalized spacial score (nSPS) is 22.8. The van der Waals surface area contributed by atoms with E-state index in [2.05, 4.69) is 15.9 Å². The first-order valence-electron chi connectivity index (χ1n) is 6.06. The summed E-state index contributed by atoms with van der Waals surface area (Å²) in [4.78, 5) is 11.6. The van der Waals surface area contributed by atoms with Crippen molar-refractivity contribution in [2.24, 2.45) is 5.41 Å². The number of sulfone groups is 1. The first kappa shape index (κ1) is 13.1. The van der Waals surface area contributed by atoms with Crippen LogP contribution in [0.25, 0.3) is 0 Å². The molecule has 0 atom stereocenters. The fourth-order valence-electron chi connectivity index (χ4n) is 3.02. The highest BCUT2D eigenvalue weighted by Crippen LogP contribution is 2.68. The second kappa shape index (κ2) is 3.82. The van der Waals surface area contributed by atoms with E-state index < -0.39 is 20.6 Å². The van der Waals surface area contributed by atoms with Crippen molar-refractivity contribution in [2.45, 2.75) is 35.3 Å². The van der Waals surface area contributed by atoms with Crippen LogP contribution in [0, 0.1) is 5.41 Å². The van der Waals surface area contributed by atoms with Crippen molar-refractivity contribution < 1.29 is 18.3 Å². The molecule has 0 bridgehead atoms. The molecule has 1 aromatic rings. The second-order valence-corrected chi connectivity index (χ2v) is 8.67. The zero-order valence-electron chi connectivity index (χ0n) is 10.1. The van der Waals surface area contributed by atoms with Crippen molar-refractivity contribution in [2.75, 3.05) is 0 Å². The van der Waals surface area contributed by atoms with Crippen LogP contribution < -0.4 is 0 Å². The van der Waals surface area contributed by atoms with Crippen LogP contribution in [0.5, 0.6) is 0 Å². The Labute approximate surface area is 119 Å². The summed E-state index contributed by atoms with van der Waals surface area (Å²) in [6.45, 7) is 0. The standard InChI is InChI=1S/C13H13BrO4S/c14-9-3-1-2-4-10(9)19(17,18)13(11(15)16)7-12(8-13)5-6-12/h1-4H,5-8H2,(H,15,16). The lowest BCUT2D eigenvalue weighted by Crippen LogP contribution is -2.57. The summed E-state index contributed by atoms with van der Waals surface area (Å²) in [5.41, 5.74) is -0.00723. The predicted octanol–water partition coefficient (Wildman–Crippen LogP) is 2.62. The fourth-order valence-corrected chi connectivity index (χ4v) is 6.17. The van der Waals surface area contributed by atoms with Crippen LogP contribution >= 0.6 is 15.9 Å². The lowest BCUT2D eigenvalue weighted by atomic mass is 9.71. The zero-order valence-corrected chi connectivity index (χ0v) is 12.5. The third-order valence-electron chi connectivity index (χ3n) is 4.31. The van der Waals surface area contributed by atoms with Gasteiger partial charge in [-0.15, -0.1) is 0 Å². The topological polar surface area (TPSA) is 71.4 Å². The molecular formula is C13H13BrO4S. The largest absolute Gasteiger partial charge is 0.480 e. The Bertz CT molecular complexity index is 653. The first-order chi connectivity index (χ1) is 8.83. The molecule has 0 radical (unpaired) electrons. The molecule has 3 rings (SSSR count).